The van der Waals surface area contributed by atoms with Crippen molar-refractivity contribution in [2.45, 2.75) is 63.6 Å². The van der Waals surface area contributed by atoms with Gasteiger partial charge in [-0.3, -0.25) is 4.79 Å². The highest BCUT2D eigenvalue weighted by Crippen LogP contribution is 2.71. The summed E-state index contributed by atoms with van der Waals surface area (Å²) in [6.45, 7) is 4.10. The van der Waals surface area contributed by atoms with E-state index in [-0.39, 0.29) is 41.2 Å². The van der Waals surface area contributed by atoms with E-state index in [1.54, 1.807) is 19.9 Å². The fraction of sp³-hybridized carbons (Fsp3) is 0.444. The molecular formula is C36H34ClF2NO8. The summed E-state index contributed by atoms with van der Waals surface area (Å²) in [5, 5.41) is 30.7. The first-order valence-electron chi connectivity index (χ1n) is 15.6. The largest absolute Gasteiger partial charge is 0.506 e. The second kappa shape index (κ2) is 11.7. The van der Waals surface area contributed by atoms with E-state index >= 15 is 8.78 Å². The number of aliphatic hydroxyl groups excluding tert-OH is 1. The number of halogens is 3. The van der Waals surface area contributed by atoms with Gasteiger partial charge in [0.05, 0.1) is 16.7 Å². The zero-order valence-corrected chi connectivity index (χ0v) is 27.2. The number of aliphatic hydroxyl groups is 1. The fourth-order valence-corrected chi connectivity index (χ4v) is 9.14. The first kappa shape index (κ1) is 33.6. The number of esters is 2. The Morgan fingerprint density at radius 3 is 2.46 bits per heavy atom. The van der Waals surface area contributed by atoms with Gasteiger partial charge in [0.15, 0.2) is 18.1 Å². The molecule has 9 nitrogen and oxygen atoms in total. The Hall–Kier alpha value is -4.27. The molecule has 6 rings (SSSR count). The van der Waals surface area contributed by atoms with Crippen LogP contribution in [0.1, 0.15) is 50.4 Å². The summed E-state index contributed by atoms with van der Waals surface area (Å²) in [4.78, 5) is 40.0. The zero-order valence-electron chi connectivity index (χ0n) is 26.4. The van der Waals surface area contributed by atoms with Gasteiger partial charge in [0.1, 0.15) is 29.5 Å². The minimum absolute atomic E-state index is 0.0329. The van der Waals surface area contributed by atoms with Crippen LogP contribution in [0.25, 0.3) is 0 Å². The molecule has 0 aliphatic heterocycles. The van der Waals surface area contributed by atoms with E-state index in [1.165, 1.54) is 61.5 Å². The van der Waals surface area contributed by atoms with Crippen molar-refractivity contribution >= 4 is 29.3 Å². The first-order chi connectivity index (χ1) is 22.6. The highest BCUT2D eigenvalue weighted by molar-refractivity contribution is 6.32. The summed E-state index contributed by atoms with van der Waals surface area (Å²) in [6.07, 6.45) is -0.418. The highest BCUT2D eigenvalue weighted by Gasteiger charge is 2.78. The van der Waals surface area contributed by atoms with Gasteiger partial charge in [-0.1, -0.05) is 31.5 Å². The number of carbonyl (C=O) groups excluding carboxylic acids is 3. The molecule has 2 N–H and O–H groups in total. The van der Waals surface area contributed by atoms with E-state index in [9.17, 15) is 29.9 Å². The van der Waals surface area contributed by atoms with Crippen LogP contribution < -0.4 is 4.74 Å². The number of hydrogen-bond acceptors (Lipinski definition) is 9. The molecule has 2 aromatic carbocycles. The number of ketones is 1. The van der Waals surface area contributed by atoms with Gasteiger partial charge in [0.25, 0.3) is 0 Å². The predicted molar refractivity (Wildman–Crippen MR) is 168 cm³/mol. The molecule has 3 fully saturated rings. The Morgan fingerprint density at radius 2 is 1.79 bits per heavy atom. The Morgan fingerprint density at radius 1 is 1.10 bits per heavy atom. The lowest BCUT2D eigenvalue weighted by molar-refractivity contribution is -0.230. The second-order valence-electron chi connectivity index (χ2n) is 13.6. The van der Waals surface area contributed by atoms with Gasteiger partial charge in [-0.2, -0.15) is 5.26 Å². The number of hydrogen-bond donors (Lipinski definition) is 2. The van der Waals surface area contributed by atoms with Gasteiger partial charge in [0.2, 0.25) is 5.60 Å². The molecule has 4 aliphatic carbocycles. The van der Waals surface area contributed by atoms with E-state index in [1.807, 2.05) is 0 Å². The number of aromatic hydroxyl groups is 1. The Balaban J connectivity index is 1.35. The summed E-state index contributed by atoms with van der Waals surface area (Å²) in [5.74, 6) is -4.53. The van der Waals surface area contributed by atoms with Gasteiger partial charge >= 0.3 is 11.9 Å². The Kier molecular flexibility index (Phi) is 8.20. The molecule has 0 aromatic heterocycles. The molecule has 0 unspecified atom stereocenters. The lowest BCUT2D eigenvalue weighted by Gasteiger charge is -2.63. The van der Waals surface area contributed by atoms with Crippen LogP contribution in [-0.4, -0.2) is 58.1 Å². The molecule has 0 spiro atoms. The van der Waals surface area contributed by atoms with Crippen molar-refractivity contribution in [1.29, 1.82) is 5.26 Å². The number of nitrogens with zero attached hydrogens (tertiary/aromatic N) is 1. The lowest BCUT2D eigenvalue weighted by atomic mass is 9.44. The second-order valence-corrected chi connectivity index (χ2v) is 14.0. The molecule has 4 aliphatic rings. The molecular weight excluding hydrogens is 648 g/mol. The summed E-state index contributed by atoms with van der Waals surface area (Å²) < 4.78 is 50.8. The van der Waals surface area contributed by atoms with Crippen molar-refractivity contribution in [2.75, 3.05) is 6.61 Å². The van der Waals surface area contributed by atoms with Crippen LogP contribution in [0.4, 0.5) is 8.78 Å². The standard InChI is InChI=1S/C36H34ClF2NO8/c1-19-14-24-25-17-28(38)26-15-21(41)10-11-33(26,2)35(25,39)30(43)18-34(24,3)36(19,32(45)46-13-12-40)48-31(44)20-4-6-22(7-5-20)47-23-8-9-29(42)27(37)16-23/h4-11,15-16,19,24-25,28,30,42-43H,13-14,17-18H2,1-3H3/t19-,24+,25+,28+,30+,33+,34+,35+,36+/m1/s1. The average Bonchev–Trinajstić information content (AvgIpc) is 3.26. The maximum atomic E-state index is 17.7. The topological polar surface area (TPSA) is 143 Å². The summed E-state index contributed by atoms with van der Waals surface area (Å²) in [7, 11) is 0. The van der Waals surface area contributed by atoms with E-state index in [0.29, 0.717) is 11.5 Å². The van der Waals surface area contributed by atoms with Gasteiger partial charge in [-0.05, 0) is 86.2 Å². The molecule has 0 heterocycles. The van der Waals surface area contributed by atoms with E-state index in [4.69, 9.17) is 25.8 Å². The molecule has 0 amide bonds. The van der Waals surface area contributed by atoms with Crippen molar-refractivity contribution in [1.82, 2.24) is 0 Å². The van der Waals surface area contributed by atoms with Crippen LogP contribution in [0.5, 0.6) is 17.2 Å². The van der Waals surface area contributed by atoms with Crippen molar-refractivity contribution < 1.29 is 47.6 Å². The van der Waals surface area contributed by atoms with E-state index in [0.717, 1.165) is 6.08 Å². The maximum absolute atomic E-state index is 17.7. The summed E-state index contributed by atoms with van der Waals surface area (Å²) in [6, 6.07) is 11.8. The molecule has 0 radical (unpaired) electrons. The van der Waals surface area contributed by atoms with Gasteiger partial charge in [0, 0.05) is 28.7 Å². The minimum Gasteiger partial charge on any atom is -0.506 e. The molecule has 0 saturated heterocycles. The molecule has 48 heavy (non-hydrogen) atoms. The van der Waals surface area contributed by atoms with E-state index < -0.39 is 76.5 Å². The summed E-state index contributed by atoms with van der Waals surface area (Å²) >= 11 is 5.95. The zero-order chi connectivity index (χ0) is 34.8. The first-order valence-corrected chi connectivity index (χ1v) is 16.0. The molecule has 12 heteroatoms. The van der Waals surface area contributed by atoms with Crippen LogP contribution in [-0.2, 0) is 19.1 Å². The number of nitriles is 1. The van der Waals surface area contributed by atoms with Crippen LogP contribution in [0.2, 0.25) is 5.02 Å². The number of phenolic OH excluding ortho intramolecular Hbond substituents is 1. The SMILES string of the molecule is C[C@@H]1C[C@H]2[C@@H]3C[C@H](F)C4=CC(=O)C=C[C@]4(C)[C@@]3(F)[C@@H](O)C[C@]2(C)[C@@]1(OC(=O)c1ccc(Oc2ccc(O)c(Cl)c2)cc1)C(=O)OCC#N. The quantitative estimate of drug-likeness (QED) is 0.333. The lowest BCUT2D eigenvalue weighted by Crippen LogP contribution is -2.71. The van der Waals surface area contributed by atoms with E-state index in [2.05, 4.69) is 0 Å². The number of alkyl halides is 2. The smallest absolute Gasteiger partial charge is 0.352 e. The van der Waals surface area contributed by atoms with Gasteiger partial charge in [-0.15, -0.1) is 0 Å². The van der Waals surface area contributed by atoms with Crippen LogP contribution in [0.3, 0.4) is 0 Å². The number of ether oxygens (including phenoxy) is 3. The van der Waals surface area contributed by atoms with Crippen molar-refractivity contribution in [3.05, 3.63) is 76.9 Å². The third kappa shape index (κ3) is 4.75. The third-order valence-electron chi connectivity index (χ3n) is 11.2. The third-order valence-corrected chi connectivity index (χ3v) is 11.5. The van der Waals surface area contributed by atoms with Crippen LogP contribution >= 0.6 is 11.6 Å². The highest BCUT2D eigenvalue weighted by atomic mass is 35.5. The number of phenols is 1. The average molecular weight is 682 g/mol. The minimum atomic E-state index is -2.41. The van der Waals surface area contributed by atoms with Crippen molar-refractivity contribution in [3.63, 3.8) is 0 Å². The summed E-state index contributed by atoms with van der Waals surface area (Å²) in [5.41, 5.74) is -7.56. The number of benzene rings is 2. The molecule has 2 aromatic rings. The normalized spacial score (nSPS) is 36.5. The molecule has 3 saturated carbocycles. The number of carbonyl (C=O) groups is 3. The fourth-order valence-electron chi connectivity index (χ4n) is 8.97. The Labute approximate surface area is 280 Å². The van der Waals surface area contributed by atoms with Crippen LogP contribution in [0, 0.1) is 39.9 Å². The number of allylic oxidation sites excluding steroid dienone is 4. The predicted octanol–water partition coefficient (Wildman–Crippen LogP) is 6.37. The molecule has 0 bridgehead atoms. The monoisotopic (exact) mass is 681 g/mol. The van der Waals surface area contributed by atoms with Crippen molar-refractivity contribution in [2.24, 2.45) is 28.6 Å². The van der Waals surface area contributed by atoms with Crippen LogP contribution in [0.15, 0.2) is 66.3 Å². The van der Waals surface area contributed by atoms with Crippen molar-refractivity contribution in [3.8, 4) is 23.3 Å². The maximum Gasteiger partial charge on any atom is 0.352 e. The Bertz CT molecular complexity index is 1790. The molecule has 252 valence electrons. The van der Waals surface area contributed by atoms with Gasteiger partial charge < -0.3 is 24.4 Å². The molecule has 9 atom stereocenters. The van der Waals surface area contributed by atoms with Gasteiger partial charge in [-0.25, -0.2) is 18.4 Å². The number of fused-ring (bicyclic) bond motifs is 5. The number of rotatable bonds is 6.